The number of amides is 2. The number of hydrazone groups is 1. The number of hydrogen-bond acceptors (Lipinski definition) is 4. The highest BCUT2D eigenvalue weighted by molar-refractivity contribution is 6.31. The van der Waals surface area contributed by atoms with Crippen molar-refractivity contribution in [2.45, 2.75) is 6.92 Å². The van der Waals surface area contributed by atoms with Crippen LogP contribution in [0.25, 0.3) is 0 Å². The van der Waals surface area contributed by atoms with E-state index < -0.39 is 6.03 Å². The van der Waals surface area contributed by atoms with Gasteiger partial charge in [-0.1, -0.05) is 17.7 Å². The van der Waals surface area contributed by atoms with E-state index in [2.05, 4.69) is 15.8 Å². The molecule has 0 aliphatic heterocycles. The third-order valence-corrected chi connectivity index (χ3v) is 3.51. The molecule has 2 amide bonds. The average molecular weight is 334 g/mol. The van der Waals surface area contributed by atoms with Crippen molar-refractivity contribution < 1.29 is 14.6 Å². The molecule has 0 radical (unpaired) electrons. The summed E-state index contributed by atoms with van der Waals surface area (Å²) in [6, 6.07) is 9.47. The third kappa shape index (κ3) is 4.37. The molecule has 0 fully saturated rings. The molecule has 3 N–H and O–H groups in total. The van der Waals surface area contributed by atoms with Crippen molar-refractivity contribution in [2.24, 2.45) is 5.10 Å². The van der Waals surface area contributed by atoms with Crippen LogP contribution in [-0.4, -0.2) is 24.5 Å². The Labute approximate surface area is 138 Å². The fraction of sp³-hybridized carbons (Fsp3) is 0.125. The number of methoxy groups -OCH3 is 1. The molecule has 2 rings (SSSR count). The zero-order valence-electron chi connectivity index (χ0n) is 12.6. The van der Waals surface area contributed by atoms with Gasteiger partial charge in [0, 0.05) is 10.7 Å². The van der Waals surface area contributed by atoms with E-state index in [9.17, 15) is 9.90 Å². The Morgan fingerprint density at radius 3 is 2.87 bits per heavy atom. The number of benzene rings is 2. The van der Waals surface area contributed by atoms with Crippen LogP contribution in [0.1, 0.15) is 11.1 Å². The second-order valence-electron chi connectivity index (χ2n) is 4.67. The van der Waals surface area contributed by atoms with Crippen molar-refractivity contribution in [1.82, 2.24) is 5.43 Å². The van der Waals surface area contributed by atoms with Gasteiger partial charge in [0.15, 0.2) is 11.5 Å². The second kappa shape index (κ2) is 7.51. The van der Waals surface area contributed by atoms with Crippen LogP contribution in [-0.2, 0) is 0 Å². The minimum atomic E-state index is -0.489. The van der Waals surface area contributed by atoms with E-state index in [1.165, 1.54) is 19.4 Å². The first-order valence-corrected chi connectivity index (χ1v) is 7.11. The van der Waals surface area contributed by atoms with Crippen LogP contribution in [0, 0.1) is 6.92 Å². The smallest absolute Gasteiger partial charge is 0.339 e. The number of anilines is 1. The molecule has 23 heavy (non-hydrogen) atoms. The summed E-state index contributed by atoms with van der Waals surface area (Å²) < 4.78 is 4.99. The van der Waals surface area contributed by atoms with Gasteiger partial charge in [0.2, 0.25) is 0 Å². The van der Waals surface area contributed by atoms with E-state index in [4.69, 9.17) is 16.3 Å². The number of halogens is 1. The lowest BCUT2D eigenvalue weighted by atomic mass is 10.2. The molecule has 0 spiro atoms. The molecule has 0 aromatic heterocycles. The fourth-order valence-corrected chi connectivity index (χ4v) is 2.01. The third-order valence-electron chi connectivity index (χ3n) is 3.10. The topological polar surface area (TPSA) is 83.0 Å². The minimum Gasteiger partial charge on any atom is -0.504 e. The lowest BCUT2D eigenvalue weighted by Crippen LogP contribution is -2.24. The van der Waals surface area contributed by atoms with Gasteiger partial charge >= 0.3 is 6.03 Å². The minimum absolute atomic E-state index is 0.0341. The molecule has 0 aliphatic rings. The largest absolute Gasteiger partial charge is 0.504 e. The molecule has 0 aliphatic carbocycles. The van der Waals surface area contributed by atoms with Gasteiger partial charge in [0.25, 0.3) is 0 Å². The standard InChI is InChI=1S/C16H16ClN3O3/c1-10-12(17)4-3-5-13(10)19-16(22)20-18-9-11-6-7-14(21)15(8-11)23-2/h3-9,21H,1-2H3,(H2,19,20,22)/b18-9+. The van der Waals surface area contributed by atoms with Crippen molar-refractivity contribution in [3.8, 4) is 11.5 Å². The van der Waals surface area contributed by atoms with Crippen LogP contribution in [0.2, 0.25) is 5.02 Å². The van der Waals surface area contributed by atoms with Crippen molar-refractivity contribution in [2.75, 3.05) is 12.4 Å². The number of carbonyl (C=O) groups excluding carboxylic acids is 1. The molecule has 6 nitrogen and oxygen atoms in total. The number of nitrogens with one attached hydrogen (secondary N) is 2. The molecule has 0 saturated carbocycles. The Morgan fingerprint density at radius 2 is 2.13 bits per heavy atom. The lowest BCUT2D eigenvalue weighted by Gasteiger charge is -2.08. The number of phenols is 1. The second-order valence-corrected chi connectivity index (χ2v) is 5.08. The van der Waals surface area contributed by atoms with Crippen LogP contribution >= 0.6 is 11.6 Å². The number of phenolic OH excluding ortho intramolecular Hbond substituents is 1. The predicted octanol–water partition coefficient (Wildman–Crippen LogP) is 3.52. The molecule has 7 heteroatoms. The lowest BCUT2D eigenvalue weighted by molar-refractivity contribution is 0.252. The highest BCUT2D eigenvalue weighted by Crippen LogP contribution is 2.25. The maximum absolute atomic E-state index is 11.8. The van der Waals surface area contributed by atoms with Crippen molar-refractivity contribution in [1.29, 1.82) is 0 Å². The Balaban J connectivity index is 1.97. The van der Waals surface area contributed by atoms with Gasteiger partial charge in [-0.25, -0.2) is 10.2 Å². The number of urea groups is 1. The van der Waals surface area contributed by atoms with Crippen LogP contribution in [0.3, 0.4) is 0 Å². The summed E-state index contributed by atoms with van der Waals surface area (Å²) in [7, 11) is 1.45. The molecule has 0 unspecified atom stereocenters. The Kier molecular flexibility index (Phi) is 5.43. The van der Waals surface area contributed by atoms with Crippen molar-refractivity contribution in [3.63, 3.8) is 0 Å². The highest BCUT2D eigenvalue weighted by Gasteiger charge is 2.05. The van der Waals surface area contributed by atoms with Gasteiger partial charge < -0.3 is 15.2 Å². The summed E-state index contributed by atoms with van der Waals surface area (Å²) in [5.41, 5.74) is 4.40. The molecule has 0 atom stereocenters. The maximum atomic E-state index is 11.8. The zero-order valence-corrected chi connectivity index (χ0v) is 13.4. The molecule has 2 aromatic carbocycles. The number of rotatable bonds is 4. The van der Waals surface area contributed by atoms with Crippen LogP contribution in [0.5, 0.6) is 11.5 Å². The van der Waals surface area contributed by atoms with Gasteiger partial charge in [-0.3, -0.25) is 0 Å². The van der Waals surface area contributed by atoms with E-state index >= 15 is 0 Å². The Morgan fingerprint density at radius 1 is 1.35 bits per heavy atom. The number of carbonyl (C=O) groups is 1. The van der Waals surface area contributed by atoms with Crippen LogP contribution in [0.15, 0.2) is 41.5 Å². The number of aromatic hydroxyl groups is 1. The SMILES string of the molecule is COc1cc(/C=N/NC(=O)Nc2cccc(Cl)c2C)ccc1O. The molecular formula is C16H16ClN3O3. The summed E-state index contributed by atoms with van der Waals surface area (Å²) >= 11 is 5.99. The van der Waals surface area contributed by atoms with Gasteiger partial charge in [0.05, 0.1) is 13.3 Å². The predicted molar refractivity (Wildman–Crippen MR) is 90.6 cm³/mol. The first-order chi connectivity index (χ1) is 11.0. The van der Waals surface area contributed by atoms with E-state index in [1.807, 2.05) is 6.92 Å². The monoisotopic (exact) mass is 333 g/mol. The average Bonchev–Trinajstić information content (AvgIpc) is 2.53. The molecule has 0 saturated heterocycles. The van der Waals surface area contributed by atoms with E-state index in [0.29, 0.717) is 22.0 Å². The summed E-state index contributed by atoms with van der Waals surface area (Å²) in [6.07, 6.45) is 1.44. The van der Waals surface area contributed by atoms with Crippen LogP contribution < -0.4 is 15.5 Å². The van der Waals surface area contributed by atoms with E-state index in [-0.39, 0.29) is 5.75 Å². The normalized spacial score (nSPS) is 10.6. The Hall–Kier alpha value is -2.73. The van der Waals surface area contributed by atoms with E-state index in [0.717, 1.165) is 5.56 Å². The number of nitrogens with zero attached hydrogens (tertiary/aromatic N) is 1. The van der Waals surface area contributed by atoms with Gasteiger partial charge in [0.1, 0.15) is 0 Å². The van der Waals surface area contributed by atoms with Gasteiger partial charge in [-0.05, 0) is 48.4 Å². The first kappa shape index (κ1) is 16.6. The quantitative estimate of drug-likeness (QED) is 0.591. The first-order valence-electron chi connectivity index (χ1n) is 6.73. The number of ether oxygens (including phenoxy) is 1. The summed E-state index contributed by atoms with van der Waals surface area (Å²) in [6.45, 7) is 1.81. The molecule has 120 valence electrons. The van der Waals surface area contributed by atoms with Gasteiger partial charge in [-0.15, -0.1) is 0 Å². The Bertz CT molecular complexity index is 747. The molecular weight excluding hydrogens is 318 g/mol. The molecule has 0 heterocycles. The summed E-state index contributed by atoms with van der Waals surface area (Å²) in [5.74, 6) is 0.361. The fourth-order valence-electron chi connectivity index (χ4n) is 1.83. The molecule has 0 bridgehead atoms. The summed E-state index contributed by atoms with van der Waals surface area (Å²) in [4.78, 5) is 11.8. The van der Waals surface area contributed by atoms with Crippen molar-refractivity contribution >= 4 is 29.5 Å². The van der Waals surface area contributed by atoms with Crippen LogP contribution in [0.4, 0.5) is 10.5 Å². The summed E-state index contributed by atoms with van der Waals surface area (Å²) in [5, 5.41) is 16.6. The maximum Gasteiger partial charge on any atom is 0.339 e. The molecule has 2 aromatic rings. The zero-order chi connectivity index (χ0) is 16.8. The highest BCUT2D eigenvalue weighted by atomic mass is 35.5. The van der Waals surface area contributed by atoms with Gasteiger partial charge in [-0.2, -0.15) is 5.10 Å². The van der Waals surface area contributed by atoms with E-state index in [1.54, 1.807) is 30.3 Å². The number of hydrogen-bond donors (Lipinski definition) is 3. The van der Waals surface area contributed by atoms with Crippen molar-refractivity contribution in [3.05, 3.63) is 52.5 Å².